The lowest BCUT2D eigenvalue weighted by atomic mass is 10.1. The van der Waals surface area contributed by atoms with Crippen molar-refractivity contribution >= 4 is 54.6 Å². The number of hydrogen-bond acceptors (Lipinski definition) is 3. The maximum Gasteiger partial charge on any atom is 0.339 e. The minimum Gasteiger partial charge on any atom is -0.465 e. The van der Waals surface area contributed by atoms with E-state index >= 15 is 0 Å². The minimum atomic E-state index is -0.384. The van der Waals surface area contributed by atoms with Crippen LogP contribution in [0.5, 0.6) is 0 Å². The molecule has 0 aliphatic heterocycles. The highest BCUT2D eigenvalue weighted by atomic mass is 79.9. The number of aromatic amines is 1. The van der Waals surface area contributed by atoms with E-state index in [0.29, 0.717) is 5.56 Å². The number of rotatable bonds is 1. The Balaban J connectivity index is 2.12. The molecule has 2 aromatic carbocycles. The number of ether oxygens (including phenoxy) is 1. The Bertz CT molecular complexity index is 1050. The number of carbonyl (C=O) groups excluding carboxylic acids is 1. The second-order valence-electron chi connectivity index (χ2n) is 5.09. The molecular weight excluding hydrogens is 344 g/mol. The van der Waals surface area contributed by atoms with Crippen LogP contribution in [0, 0.1) is 0 Å². The molecule has 0 aliphatic carbocycles. The van der Waals surface area contributed by atoms with Crippen LogP contribution in [0.15, 0.2) is 47.1 Å². The Hall–Kier alpha value is -2.40. The van der Waals surface area contributed by atoms with E-state index in [1.165, 1.54) is 7.11 Å². The molecule has 0 unspecified atom stereocenters. The first-order valence-electron chi connectivity index (χ1n) is 6.75. The fourth-order valence-electron chi connectivity index (χ4n) is 2.77. The Kier molecular flexibility index (Phi) is 2.90. The third-order valence-electron chi connectivity index (χ3n) is 3.82. The molecule has 0 bridgehead atoms. The summed E-state index contributed by atoms with van der Waals surface area (Å²) in [6.45, 7) is 0. The number of aromatic nitrogens is 2. The molecule has 108 valence electrons. The highest BCUT2D eigenvalue weighted by Gasteiger charge is 2.12. The van der Waals surface area contributed by atoms with Gasteiger partial charge in [-0.15, -0.1) is 0 Å². The summed E-state index contributed by atoms with van der Waals surface area (Å²) >= 11 is 3.51. The summed E-state index contributed by atoms with van der Waals surface area (Å²) in [4.78, 5) is 19.5. The minimum absolute atomic E-state index is 0.384. The van der Waals surface area contributed by atoms with Gasteiger partial charge in [-0.1, -0.05) is 22.0 Å². The van der Waals surface area contributed by atoms with Crippen LogP contribution < -0.4 is 0 Å². The molecule has 0 saturated carbocycles. The summed E-state index contributed by atoms with van der Waals surface area (Å²) in [5, 5.41) is 3.15. The number of halogens is 1. The standard InChI is InChI=1S/C17H11BrN2O2/c1-22-17(21)9-6-13-14(19-8-9)5-3-11-12-7-10(18)2-4-15(12)20-16(11)13/h2-8,20H,1H3. The number of nitrogens with one attached hydrogen (secondary N) is 1. The zero-order chi connectivity index (χ0) is 15.3. The van der Waals surface area contributed by atoms with Gasteiger partial charge in [0.05, 0.1) is 23.7 Å². The van der Waals surface area contributed by atoms with Gasteiger partial charge < -0.3 is 9.72 Å². The molecule has 5 heteroatoms. The molecule has 0 fully saturated rings. The van der Waals surface area contributed by atoms with E-state index < -0.39 is 0 Å². The molecule has 0 atom stereocenters. The van der Waals surface area contributed by atoms with Gasteiger partial charge in [-0.25, -0.2) is 4.79 Å². The van der Waals surface area contributed by atoms with Crippen LogP contribution in [0.1, 0.15) is 10.4 Å². The van der Waals surface area contributed by atoms with Crippen LogP contribution in [0.25, 0.3) is 32.7 Å². The van der Waals surface area contributed by atoms with Crippen molar-refractivity contribution in [3.05, 3.63) is 52.6 Å². The number of hydrogen-bond donors (Lipinski definition) is 1. The zero-order valence-corrected chi connectivity index (χ0v) is 13.3. The summed E-state index contributed by atoms with van der Waals surface area (Å²) in [6.07, 6.45) is 1.54. The smallest absolute Gasteiger partial charge is 0.339 e. The molecule has 0 saturated heterocycles. The molecule has 4 nitrogen and oxygen atoms in total. The summed E-state index contributed by atoms with van der Waals surface area (Å²) in [7, 11) is 1.37. The van der Waals surface area contributed by atoms with E-state index in [0.717, 1.165) is 37.2 Å². The number of benzene rings is 2. The third-order valence-corrected chi connectivity index (χ3v) is 4.31. The largest absolute Gasteiger partial charge is 0.465 e. The van der Waals surface area contributed by atoms with E-state index in [2.05, 4.69) is 32.0 Å². The van der Waals surface area contributed by atoms with Gasteiger partial charge in [-0.3, -0.25) is 4.98 Å². The van der Waals surface area contributed by atoms with Crippen molar-refractivity contribution in [2.24, 2.45) is 0 Å². The maximum absolute atomic E-state index is 11.7. The van der Waals surface area contributed by atoms with Gasteiger partial charge in [0.15, 0.2) is 0 Å². The van der Waals surface area contributed by atoms with Gasteiger partial charge in [-0.05, 0) is 30.3 Å². The highest BCUT2D eigenvalue weighted by molar-refractivity contribution is 9.10. The van der Waals surface area contributed by atoms with Gasteiger partial charge in [0.2, 0.25) is 0 Å². The fourth-order valence-corrected chi connectivity index (χ4v) is 3.13. The third kappa shape index (κ3) is 1.89. The number of H-pyrrole nitrogens is 1. The molecule has 0 radical (unpaired) electrons. The van der Waals surface area contributed by atoms with E-state index in [1.54, 1.807) is 6.20 Å². The summed E-state index contributed by atoms with van der Waals surface area (Å²) in [5.74, 6) is -0.384. The molecule has 0 aliphatic rings. The van der Waals surface area contributed by atoms with Gasteiger partial charge in [-0.2, -0.15) is 0 Å². The van der Waals surface area contributed by atoms with E-state index in [1.807, 2.05) is 30.3 Å². The van der Waals surface area contributed by atoms with Gasteiger partial charge in [0.1, 0.15) is 0 Å². The SMILES string of the molecule is COC(=O)c1cnc2ccc3c4cc(Br)ccc4[nH]c3c2c1. The highest BCUT2D eigenvalue weighted by Crippen LogP contribution is 2.32. The summed E-state index contributed by atoms with van der Waals surface area (Å²) in [5.41, 5.74) is 3.31. The van der Waals surface area contributed by atoms with Gasteiger partial charge >= 0.3 is 5.97 Å². The number of esters is 1. The number of pyridine rings is 1. The maximum atomic E-state index is 11.7. The van der Waals surface area contributed by atoms with Crippen LogP contribution in [0.4, 0.5) is 0 Å². The second kappa shape index (κ2) is 4.81. The van der Waals surface area contributed by atoms with Crippen LogP contribution in [-0.2, 0) is 4.74 Å². The Morgan fingerprint density at radius 1 is 1.14 bits per heavy atom. The predicted octanol–water partition coefficient (Wildman–Crippen LogP) is 4.42. The molecule has 2 heterocycles. The molecule has 2 aromatic heterocycles. The lowest BCUT2D eigenvalue weighted by Crippen LogP contribution is -2.01. The molecule has 4 rings (SSSR count). The van der Waals surface area contributed by atoms with E-state index in [-0.39, 0.29) is 5.97 Å². The average molecular weight is 355 g/mol. The average Bonchev–Trinajstić information content (AvgIpc) is 2.92. The van der Waals surface area contributed by atoms with Gasteiger partial charge in [0.25, 0.3) is 0 Å². The topological polar surface area (TPSA) is 55.0 Å². The predicted molar refractivity (Wildman–Crippen MR) is 90.1 cm³/mol. The molecule has 0 amide bonds. The Morgan fingerprint density at radius 3 is 2.82 bits per heavy atom. The lowest BCUT2D eigenvalue weighted by Gasteiger charge is -2.02. The van der Waals surface area contributed by atoms with Crippen LogP contribution in [0.2, 0.25) is 0 Å². The van der Waals surface area contributed by atoms with Crippen LogP contribution >= 0.6 is 15.9 Å². The number of carbonyl (C=O) groups is 1. The first-order valence-corrected chi connectivity index (χ1v) is 7.55. The number of nitrogens with zero attached hydrogens (tertiary/aromatic N) is 1. The number of methoxy groups -OCH3 is 1. The van der Waals surface area contributed by atoms with Crippen LogP contribution in [-0.4, -0.2) is 23.0 Å². The van der Waals surface area contributed by atoms with Gasteiger partial charge in [0, 0.05) is 32.3 Å². The van der Waals surface area contributed by atoms with Crippen molar-refractivity contribution in [1.82, 2.24) is 9.97 Å². The Labute approximate surface area is 134 Å². The number of fused-ring (bicyclic) bond motifs is 5. The van der Waals surface area contributed by atoms with Crippen molar-refractivity contribution in [2.75, 3.05) is 7.11 Å². The first kappa shape index (κ1) is 13.3. The molecule has 1 N–H and O–H groups in total. The Morgan fingerprint density at radius 2 is 2.00 bits per heavy atom. The van der Waals surface area contributed by atoms with Crippen molar-refractivity contribution in [2.45, 2.75) is 0 Å². The first-order chi connectivity index (χ1) is 10.7. The molecule has 22 heavy (non-hydrogen) atoms. The molecular formula is C17H11BrN2O2. The van der Waals surface area contributed by atoms with Crippen molar-refractivity contribution < 1.29 is 9.53 Å². The van der Waals surface area contributed by atoms with E-state index in [9.17, 15) is 4.79 Å². The van der Waals surface area contributed by atoms with Crippen molar-refractivity contribution in [1.29, 1.82) is 0 Å². The molecule has 0 spiro atoms. The van der Waals surface area contributed by atoms with Crippen molar-refractivity contribution in [3.8, 4) is 0 Å². The normalized spacial score (nSPS) is 11.4. The van der Waals surface area contributed by atoms with E-state index in [4.69, 9.17) is 4.74 Å². The van der Waals surface area contributed by atoms with Crippen molar-refractivity contribution in [3.63, 3.8) is 0 Å². The monoisotopic (exact) mass is 354 g/mol. The zero-order valence-electron chi connectivity index (χ0n) is 11.7. The van der Waals surface area contributed by atoms with Crippen LogP contribution in [0.3, 0.4) is 0 Å². The second-order valence-corrected chi connectivity index (χ2v) is 6.00. The molecule has 4 aromatic rings. The fraction of sp³-hybridized carbons (Fsp3) is 0.0588. The summed E-state index contributed by atoms with van der Waals surface area (Å²) < 4.78 is 5.81. The lowest BCUT2D eigenvalue weighted by molar-refractivity contribution is 0.0600. The summed E-state index contributed by atoms with van der Waals surface area (Å²) in [6, 6.07) is 11.9. The quantitative estimate of drug-likeness (QED) is 0.515.